The quantitative estimate of drug-likeness (QED) is 0.284. The normalized spacial score (nSPS) is 15.3. The van der Waals surface area contributed by atoms with Gasteiger partial charge in [0.15, 0.2) is 5.96 Å². The number of terminal acetylenes is 1. The molecular weight excluding hydrogens is 451 g/mol. The molecule has 0 aromatic heterocycles. The molecule has 0 spiro atoms. The monoisotopic (exact) mass is 476 g/mol. The van der Waals surface area contributed by atoms with Crippen LogP contribution in [0.5, 0.6) is 0 Å². The van der Waals surface area contributed by atoms with Gasteiger partial charge in [-0.05, 0) is 37.5 Å². The highest BCUT2D eigenvalue weighted by atomic mass is 127. The molecule has 1 aliphatic rings. The minimum absolute atomic E-state index is 0. The van der Waals surface area contributed by atoms with Crippen molar-refractivity contribution in [2.24, 2.45) is 4.99 Å². The number of nitrogens with one attached hydrogen (secondary N) is 2. The minimum Gasteiger partial charge on any atom is -0.357 e. The summed E-state index contributed by atoms with van der Waals surface area (Å²) in [5, 5.41) is 6.11. The summed E-state index contributed by atoms with van der Waals surface area (Å²) >= 11 is 0. The van der Waals surface area contributed by atoms with Crippen molar-refractivity contribution in [2.45, 2.75) is 31.2 Å². The third kappa shape index (κ3) is 6.17. The van der Waals surface area contributed by atoms with Crippen LogP contribution in [0, 0.1) is 12.3 Å². The molecule has 0 aliphatic carbocycles. The summed E-state index contributed by atoms with van der Waals surface area (Å²) in [6.07, 6.45) is 7.10. The third-order valence-electron chi connectivity index (χ3n) is 3.75. The van der Waals surface area contributed by atoms with Crippen LogP contribution >= 0.6 is 24.0 Å². The first kappa shape index (κ1) is 21.7. The number of hydrogen-bond donors (Lipinski definition) is 2. The lowest BCUT2D eigenvalue weighted by Crippen LogP contribution is -2.37. The Hall–Kier alpha value is -1.31. The van der Waals surface area contributed by atoms with E-state index in [2.05, 4.69) is 21.5 Å². The van der Waals surface area contributed by atoms with Gasteiger partial charge in [0, 0.05) is 19.6 Å². The van der Waals surface area contributed by atoms with Crippen LogP contribution in [0.4, 0.5) is 0 Å². The highest BCUT2D eigenvalue weighted by Crippen LogP contribution is 2.21. The van der Waals surface area contributed by atoms with Gasteiger partial charge in [-0.3, -0.25) is 0 Å². The first-order valence-electron chi connectivity index (χ1n) is 8.12. The maximum atomic E-state index is 12.5. The molecule has 1 aliphatic heterocycles. The second-order valence-electron chi connectivity index (χ2n) is 5.51. The second kappa shape index (κ2) is 10.6. The number of nitrogens with zero attached hydrogens (tertiary/aromatic N) is 2. The van der Waals surface area contributed by atoms with E-state index in [1.165, 1.54) is 0 Å². The van der Waals surface area contributed by atoms with Gasteiger partial charge < -0.3 is 10.6 Å². The zero-order valence-corrected chi connectivity index (χ0v) is 17.5. The van der Waals surface area contributed by atoms with Crippen LogP contribution in [0.1, 0.15) is 25.3 Å². The molecule has 1 aromatic rings. The Bertz CT molecular complexity index is 705. The summed E-state index contributed by atoms with van der Waals surface area (Å²) in [5.74, 6) is 3.15. The largest absolute Gasteiger partial charge is 0.357 e. The summed E-state index contributed by atoms with van der Waals surface area (Å²) in [6.45, 7) is 4.79. The molecule has 138 valence electrons. The summed E-state index contributed by atoms with van der Waals surface area (Å²) in [5.41, 5.74) is 0.938. The summed E-state index contributed by atoms with van der Waals surface area (Å²) in [4.78, 5) is 4.77. The van der Waals surface area contributed by atoms with Crippen LogP contribution in [-0.2, 0) is 16.6 Å². The number of rotatable bonds is 6. The highest BCUT2D eigenvalue weighted by Gasteiger charge is 2.26. The summed E-state index contributed by atoms with van der Waals surface area (Å²) < 4.78 is 26.5. The fourth-order valence-corrected chi connectivity index (χ4v) is 4.01. The first-order valence-corrected chi connectivity index (χ1v) is 9.56. The summed E-state index contributed by atoms with van der Waals surface area (Å²) in [6, 6.07) is 6.91. The molecule has 2 N–H and O–H groups in total. The fourth-order valence-electron chi connectivity index (χ4n) is 2.49. The van der Waals surface area contributed by atoms with Gasteiger partial charge in [-0.2, -0.15) is 4.31 Å². The van der Waals surface area contributed by atoms with Crippen molar-refractivity contribution in [1.29, 1.82) is 0 Å². The number of halogens is 1. The second-order valence-corrected chi connectivity index (χ2v) is 7.45. The Balaban J connectivity index is 0.00000312. The van der Waals surface area contributed by atoms with Crippen LogP contribution in [0.25, 0.3) is 0 Å². The van der Waals surface area contributed by atoms with Crippen molar-refractivity contribution in [2.75, 3.05) is 26.2 Å². The zero-order valence-electron chi connectivity index (χ0n) is 14.4. The fraction of sp³-hybridized carbons (Fsp3) is 0.471. The Kier molecular flexibility index (Phi) is 9.24. The topological polar surface area (TPSA) is 73.8 Å². The van der Waals surface area contributed by atoms with E-state index in [1.54, 1.807) is 28.6 Å². The molecule has 0 radical (unpaired) electrons. The van der Waals surface area contributed by atoms with E-state index >= 15 is 0 Å². The van der Waals surface area contributed by atoms with E-state index in [0.717, 1.165) is 24.9 Å². The number of hydrogen-bond acceptors (Lipinski definition) is 3. The Morgan fingerprint density at radius 2 is 1.88 bits per heavy atom. The van der Waals surface area contributed by atoms with E-state index in [4.69, 9.17) is 6.42 Å². The van der Waals surface area contributed by atoms with Crippen molar-refractivity contribution < 1.29 is 8.42 Å². The van der Waals surface area contributed by atoms with Gasteiger partial charge >= 0.3 is 0 Å². The van der Waals surface area contributed by atoms with E-state index in [0.29, 0.717) is 37.0 Å². The van der Waals surface area contributed by atoms with E-state index in [-0.39, 0.29) is 24.0 Å². The Morgan fingerprint density at radius 1 is 1.24 bits per heavy atom. The highest BCUT2D eigenvalue weighted by molar-refractivity contribution is 14.0. The molecule has 0 amide bonds. The molecule has 6 nitrogen and oxygen atoms in total. The Morgan fingerprint density at radius 3 is 2.44 bits per heavy atom. The molecule has 1 aromatic carbocycles. The molecule has 1 fully saturated rings. The van der Waals surface area contributed by atoms with E-state index in [1.807, 2.05) is 6.92 Å². The van der Waals surface area contributed by atoms with Crippen LogP contribution in [0.3, 0.4) is 0 Å². The van der Waals surface area contributed by atoms with Gasteiger partial charge in [0.05, 0.1) is 18.0 Å². The van der Waals surface area contributed by atoms with Crippen molar-refractivity contribution in [1.82, 2.24) is 14.9 Å². The molecular formula is C17H25IN4O2S. The molecule has 0 bridgehead atoms. The van der Waals surface area contributed by atoms with Crippen molar-refractivity contribution in [3.63, 3.8) is 0 Å². The zero-order chi connectivity index (χ0) is 17.4. The minimum atomic E-state index is -3.36. The van der Waals surface area contributed by atoms with Gasteiger partial charge in [0.1, 0.15) is 0 Å². The maximum Gasteiger partial charge on any atom is 0.243 e. The van der Waals surface area contributed by atoms with E-state index in [9.17, 15) is 8.42 Å². The van der Waals surface area contributed by atoms with Crippen LogP contribution in [-0.4, -0.2) is 44.9 Å². The molecule has 1 saturated heterocycles. The molecule has 25 heavy (non-hydrogen) atoms. The number of benzene rings is 1. The third-order valence-corrected chi connectivity index (χ3v) is 5.66. The van der Waals surface area contributed by atoms with Crippen LogP contribution in [0.2, 0.25) is 0 Å². The smallest absolute Gasteiger partial charge is 0.243 e. The average molecular weight is 476 g/mol. The molecule has 0 atom stereocenters. The first-order chi connectivity index (χ1) is 11.6. The number of guanidine groups is 1. The summed E-state index contributed by atoms with van der Waals surface area (Å²) in [7, 11) is -3.36. The number of sulfonamides is 1. The maximum absolute atomic E-state index is 12.5. The molecule has 2 rings (SSSR count). The van der Waals surface area contributed by atoms with Crippen LogP contribution < -0.4 is 10.6 Å². The number of aliphatic imine (C=N–C) groups is 1. The lowest BCUT2D eigenvalue weighted by Gasteiger charge is -2.15. The van der Waals surface area contributed by atoms with Crippen molar-refractivity contribution in [3.05, 3.63) is 29.8 Å². The molecule has 0 saturated carbocycles. The lowest BCUT2D eigenvalue weighted by atomic mass is 10.2. The standard InChI is InChI=1S/C17H24N4O2S.HI/c1-3-11-19-17(18-4-2)20-14-15-7-9-16(10-8-15)24(22,23)21-12-5-6-13-21;/h1,7-10H,4-6,11-14H2,2H3,(H2,18,19,20);1H. The molecule has 0 unspecified atom stereocenters. The van der Waals surface area contributed by atoms with Gasteiger partial charge in [0.25, 0.3) is 0 Å². The predicted molar refractivity (Wildman–Crippen MR) is 112 cm³/mol. The van der Waals surface area contributed by atoms with Crippen molar-refractivity contribution in [3.8, 4) is 12.3 Å². The SMILES string of the molecule is C#CCNC(=NCc1ccc(S(=O)(=O)N2CCCC2)cc1)NCC.I. The Labute approximate surface area is 167 Å². The van der Waals surface area contributed by atoms with Gasteiger partial charge in [-0.15, -0.1) is 30.4 Å². The van der Waals surface area contributed by atoms with Gasteiger partial charge in [0.2, 0.25) is 10.0 Å². The molecule has 8 heteroatoms. The van der Waals surface area contributed by atoms with Gasteiger partial charge in [-0.25, -0.2) is 13.4 Å². The average Bonchev–Trinajstić information content (AvgIpc) is 3.13. The lowest BCUT2D eigenvalue weighted by molar-refractivity contribution is 0.477. The van der Waals surface area contributed by atoms with E-state index < -0.39 is 10.0 Å². The predicted octanol–water partition coefficient (Wildman–Crippen LogP) is 1.78. The van der Waals surface area contributed by atoms with Gasteiger partial charge in [-0.1, -0.05) is 18.1 Å². The van der Waals surface area contributed by atoms with Crippen LogP contribution in [0.15, 0.2) is 34.2 Å². The molecule has 1 heterocycles. The van der Waals surface area contributed by atoms with Crippen molar-refractivity contribution >= 4 is 40.0 Å².